The Labute approximate surface area is 176 Å². The Morgan fingerprint density at radius 2 is 1.83 bits per heavy atom. The Morgan fingerprint density at radius 3 is 2.52 bits per heavy atom. The summed E-state index contributed by atoms with van der Waals surface area (Å²) in [5.41, 5.74) is 1.05. The predicted octanol–water partition coefficient (Wildman–Crippen LogP) is 4.23. The van der Waals surface area contributed by atoms with Gasteiger partial charge in [0.1, 0.15) is 5.01 Å². The maximum Gasteiger partial charge on any atom is 0.257 e. The second-order valence-corrected chi connectivity index (χ2v) is 10.3. The van der Waals surface area contributed by atoms with Crippen LogP contribution < -0.4 is 9.62 Å². The molecule has 1 aliphatic rings. The fourth-order valence-electron chi connectivity index (χ4n) is 3.34. The quantitative estimate of drug-likeness (QED) is 0.563. The van der Waals surface area contributed by atoms with Gasteiger partial charge in [-0.1, -0.05) is 50.4 Å². The first kappa shape index (κ1) is 21.7. The molecule has 0 radical (unpaired) electrons. The number of aromatic nitrogens is 2. The number of carbonyl (C=O) groups excluding carboxylic acids is 1. The molecule has 1 saturated heterocycles. The van der Waals surface area contributed by atoms with Crippen LogP contribution in [0.4, 0.5) is 10.8 Å². The van der Waals surface area contributed by atoms with E-state index in [0.29, 0.717) is 29.3 Å². The molecule has 1 amide bonds. The first-order valence-corrected chi connectivity index (χ1v) is 12.7. The highest BCUT2D eigenvalue weighted by Gasteiger charge is 2.28. The minimum Gasteiger partial charge on any atom is -0.296 e. The number of hydrogen-bond acceptors (Lipinski definition) is 6. The number of benzene rings is 1. The third-order valence-corrected chi connectivity index (χ3v) is 7.72. The van der Waals surface area contributed by atoms with Crippen molar-refractivity contribution in [1.82, 2.24) is 10.2 Å². The van der Waals surface area contributed by atoms with E-state index >= 15 is 0 Å². The number of carbonyl (C=O) groups is 1. The lowest BCUT2D eigenvalue weighted by Gasteiger charge is -2.16. The topological polar surface area (TPSA) is 92.3 Å². The lowest BCUT2D eigenvalue weighted by Crippen LogP contribution is -2.25. The fourth-order valence-corrected chi connectivity index (χ4v) is 5.68. The van der Waals surface area contributed by atoms with E-state index in [2.05, 4.69) is 22.4 Å². The summed E-state index contributed by atoms with van der Waals surface area (Å²) in [5, 5.41) is 12.4. The van der Waals surface area contributed by atoms with Crippen LogP contribution in [0.15, 0.2) is 24.3 Å². The molecule has 0 atom stereocenters. The molecule has 2 aromatic rings. The average Bonchev–Trinajstić information content (AvgIpc) is 3.30. The number of nitrogens with one attached hydrogen (secondary N) is 1. The Morgan fingerprint density at radius 1 is 1.10 bits per heavy atom. The van der Waals surface area contributed by atoms with Crippen LogP contribution in [0.3, 0.4) is 0 Å². The molecule has 1 N–H and O–H groups in total. The van der Waals surface area contributed by atoms with E-state index in [-0.39, 0.29) is 11.7 Å². The maximum atomic E-state index is 12.4. The third kappa shape index (κ3) is 5.99. The molecule has 9 heteroatoms. The number of aryl methyl sites for hydroxylation is 1. The molecule has 0 unspecified atom stereocenters. The van der Waals surface area contributed by atoms with Crippen LogP contribution in [0.5, 0.6) is 0 Å². The summed E-state index contributed by atoms with van der Waals surface area (Å²) in [7, 11) is -3.22. The minimum atomic E-state index is -3.22. The number of nitrogens with zero attached hydrogens (tertiary/aromatic N) is 3. The van der Waals surface area contributed by atoms with Crippen molar-refractivity contribution < 1.29 is 13.2 Å². The van der Waals surface area contributed by atoms with Gasteiger partial charge in [-0.3, -0.25) is 14.4 Å². The molecule has 3 rings (SSSR count). The second-order valence-electron chi connectivity index (χ2n) is 7.26. The Kier molecular flexibility index (Phi) is 7.60. The van der Waals surface area contributed by atoms with Crippen LogP contribution in [0, 0.1) is 0 Å². The lowest BCUT2D eigenvalue weighted by molar-refractivity contribution is 0.102. The molecule has 29 heavy (non-hydrogen) atoms. The maximum absolute atomic E-state index is 12.4. The Balaban J connectivity index is 1.50. The van der Waals surface area contributed by atoms with Crippen LogP contribution in [-0.2, 0) is 16.4 Å². The smallest absolute Gasteiger partial charge is 0.257 e. The Hall–Kier alpha value is -2.00. The highest BCUT2D eigenvalue weighted by molar-refractivity contribution is 7.93. The summed E-state index contributed by atoms with van der Waals surface area (Å²) in [6.07, 6.45) is 8.89. The monoisotopic (exact) mass is 436 g/mol. The van der Waals surface area contributed by atoms with Gasteiger partial charge < -0.3 is 0 Å². The fraction of sp³-hybridized carbons (Fsp3) is 0.550. The van der Waals surface area contributed by atoms with Gasteiger partial charge in [0.15, 0.2) is 0 Å². The van der Waals surface area contributed by atoms with Crippen molar-refractivity contribution in [1.29, 1.82) is 0 Å². The van der Waals surface area contributed by atoms with Crippen LogP contribution in [0.1, 0.15) is 67.2 Å². The molecular formula is C20H28N4O3S2. The lowest BCUT2D eigenvalue weighted by atomic mass is 10.1. The van der Waals surface area contributed by atoms with Gasteiger partial charge >= 0.3 is 0 Å². The molecular weight excluding hydrogens is 408 g/mol. The second kappa shape index (κ2) is 10.2. The number of rotatable bonds is 10. The van der Waals surface area contributed by atoms with Crippen molar-refractivity contribution in [2.24, 2.45) is 0 Å². The van der Waals surface area contributed by atoms with E-state index < -0.39 is 10.0 Å². The molecule has 0 saturated carbocycles. The summed E-state index contributed by atoms with van der Waals surface area (Å²) >= 11 is 1.41. The number of unbranched alkanes of at least 4 members (excludes halogenated alkanes) is 5. The summed E-state index contributed by atoms with van der Waals surface area (Å²) in [6.45, 7) is 2.70. The van der Waals surface area contributed by atoms with Crippen molar-refractivity contribution >= 4 is 38.1 Å². The number of anilines is 2. The standard InChI is InChI=1S/C20H28N4O3S2/c1-2-3-4-5-6-7-9-18-22-23-20(28-18)21-19(25)16-10-12-17(13-11-16)24-14-8-15-29(24,26)27/h10-13H,2-9,14-15H2,1H3,(H,21,23,25). The highest BCUT2D eigenvalue weighted by atomic mass is 32.2. The molecule has 1 fully saturated rings. The van der Waals surface area contributed by atoms with Crippen LogP contribution in [0.25, 0.3) is 0 Å². The largest absolute Gasteiger partial charge is 0.296 e. The summed E-state index contributed by atoms with van der Waals surface area (Å²) in [5.74, 6) is -0.101. The minimum absolute atomic E-state index is 0.174. The normalized spacial score (nSPS) is 15.6. The molecule has 2 heterocycles. The summed E-state index contributed by atoms with van der Waals surface area (Å²) in [6, 6.07) is 6.61. The van der Waals surface area contributed by atoms with E-state index in [0.717, 1.165) is 17.8 Å². The molecule has 158 valence electrons. The zero-order valence-electron chi connectivity index (χ0n) is 16.8. The molecule has 1 aliphatic heterocycles. The van der Waals surface area contributed by atoms with Gasteiger partial charge in [0.25, 0.3) is 5.91 Å². The molecule has 7 nitrogen and oxygen atoms in total. The van der Waals surface area contributed by atoms with Crippen molar-refractivity contribution in [2.75, 3.05) is 21.9 Å². The van der Waals surface area contributed by atoms with E-state index in [1.54, 1.807) is 24.3 Å². The van der Waals surface area contributed by atoms with Gasteiger partial charge in [-0.05, 0) is 37.1 Å². The molecule has 0 spiro atoms. The Bertz CT molecular complexity index is 910. The van der Waals surface area contributed by atoms with Crippen molar-refractivity contribution in [3.05, 3.63) is 34.8 Å². The molecule has 0 bridgehead atoms. The third-order valence-electron chi connectivity index (χ3n) is 4.95. The number of amides is 1. The van der Waals surface area contributed by atoms with E-state index in [1.165, 1.54) is 47.7 Å². The van der Waals surface area contributed by atoms with Crippen LogP contribution >= 0.6 is 11.3 Å². The van der Waals surface area contributed by atoms with Gasteiger partial charge in [0.2, 0.25) is 15.2 Å². The van der Waals surface area contributed by atoms with E-state index in [9.17, 15) is 13.2 Å². The molecule has 1 aromatic heterocycles. The van der Waals surface area contributed by atoms with Gasteiger partial charge in [-0.15, -0.1) is 10.2 Å². The zero-order valence-corrected chi connectivity index (χ0v) is 18.4. The zero-order chi connectivity index (χ0) is 20.7. The number of sulfonamides is 1. The van der Waals surface area contributed by atoms with Crippen LogP contribution in [-0.4, -0.2) is 36.8 Å². The van der Waals surface area contributed by atoms with Gasteiger partial charge in [0.05, 0.1) is 11.4 Å². The predicted molar refractivity (Wildman–Crippen MR) is 117 cm³/mol. The van der Waals surface area contributed by atoms with Crippen molar-refractivity contribution in [2.45, 2.75) is 58.3 Å². The van der Waals surface area contributed by atoms with Gasteiger partial charge in [-0.25, -0.2) is 8.42 Å². The summed E-state index contributed by atoms with van der Waals surface area (Å²) in [4.78, 5) is 12.4. The van der Waals surface area contributed by atoms with E-state index in [1.807, 2.05) is 0 Å². The SMILES string of the molecule is CCCCCCCCc1nnc(NC(=O)c2ccc(N3CCCS3(=O)=O)cc2)s1. The highest BCUT2D eigenvalue weighted by Crippen LogP contribution is 2.25. The summed E-state index contributed by atoms with van der Waals surface area (Å²) < 4.78 is 25.4. The number of hydrogen-bond donors (Lipinski definition) is 1. The first-order chi connectivity index (χ1) is 14.0. The average molecular weight is 437 g/mol. The molecule has 0 aliphatic carbocycles. The van der Waals surface area contributed by atoms with Crippen molar-refractivity contribution in [3.8, 4) is 0 Å². The van der Waals surface area contributed by atoms with Gasteiger partial charge in [-0.2, -0.15) is 0 Å². The van der Waals surface area contributed by atoms with E-state index in [4.69, 9.17) is 0 Å². The van der Waals surface area contributed by atoms with Crippen molar-refractivity contribution in [3.63, 3.8) is 0 Å². The van der Waals surface area contributed by atoms with Crippen LogP contribution in [0.2, 0.25) is 0 Å². The van der Waals surface area contributed by atoms with Gasteiger partial charge in [0, 0.05) is 18.5 Å². The first-order valence-electron chi connectivity index (χ1n) is 10.2. The molecule has 1 aromatic carbocycles.